The number of rotatable bonds is 5. The molecule has 0 aliphatic rings. The lowest BCUT2D eigenvalue weighted by molar-refractivity contribution is 0.101. The largest absolute Gasteiger partial charge is 0.320 e. The van der Waals surface area contributed by atoms with Gasteiger partial charge in [-0.1, -0.05) is 54.6 Å². The number of amides is 2. The van der Waals surface area contributed by atoms with Gasteiger partial charge in [-0.05, 0) is 66.1 Å². The van der Waals surface area contributed by atoms with E-state index in [4.69, 9.17) is 5.26 Å². The van der Waals surface area contributed by atoms with E-state index < -0.39 is 0 Å². The fourth-order valence-corrected chi connectivity index (χ4v) is 3.52. The first-order chi connectivity index (χ1) is 16.0. The summed E-state index contributed by atoms with van der Waals surface area (Å²) < 4.78 is 0. The Labute approximate surface area is 192 Å². The number of hydrogen-bond acceptors (Lipinski definition) is 3. The molecule has 0 fully saturated rings. The van der Waals surface area contributed by atoms with Crippen molar-refractivity contribution in [2.24, 2.45) is 0 Å². The number of hydrogen-bond donors (Lipinski definition) is 2. The second kappa shape index (κ2) is 9.63. The van der Waals surface area contributed by atoms with Crippen molar-refractivity contribution < 1.29 is 9.59 Å². The number of benzene rings is 4. The normalized spacial score (nSPS) is 10.2. The van der Waals surface area contributed by atoms with Crippen LogP contribution >= 0.6 is 0 Å². The average Bonchev–Trinajstić information content (AvgIpc) is 2.85. The maximum Gasteiger partial charge on any atom is 0.255 e. The van der Waals surface area contributed by atoms with Gasteiger partial charge in [0.15, 0.2) is 0 Å². The predicted octanol–water partition coefficient (Wildman–Crippen LogP) is 6.04. The van der Waals surface area contributed by atoms with Crippen LogP contribution < -0.4 is 10.6 Å². The highest BCUT2D eigenvalue weighted by Gasteiger charge is 2.13. The molecular weight excluding hydrogens is 410 g/mol. The summed E-state index contributed by atoms with van der Waals surface area (Å²) in [5.41, 5.74) is 5.55. The van der Waals surface area contributed by atoms with Gasteiger partial charge in [-0.2, -0.15) is 5.26 Å². The van der Waals surface area contributed by atoms with Crippen LogP contribution in [0.4, 0.5) is 11.4 Å². The molecule has 0 aromatic heterocycles. The van der Waals surface area contributed by atoms with Gasteiger partial charge in [0.2, 0.25) is 0 Å². The highest BCUT2D eigenvalue weighted by molar-refractivity contribution is 6.10. The Morgan fingerprint density at radius 1 is 0.697 bits per heavy atom. The average molecular weight is 431 g/mol. The van der Waals surface area contributed by atoms with E-state index in [1.54, 1.807) is 54.6 Å². The number of carbonyl (C=O) groups excluding carboxylic acids is 2. The third-order valence-corrected chi connectivity index (χ3v) is 5.28. The van der Waals surface area contributed by atoms with E-state index in [0.717, 1.165) is 11.1 Å². The van der Waals surface area contributed by atoms with E-state index in [2.05, 4.69) is 29.7 Å². The third-order valence-electron chi connectivity index (χ3n) is 5.28. The number of carbonyl (C=O) groups is 2. The molecule has 0 spiro atoms. The van der Waals surface area contributed by atoms with Crippen molar-refractivity contribution in [3.63, 3.8) is 0 Å². The zero-order valence-electron chi connectivity index (χ0n) is 18.0. The van der Waals surface area contributed by atoms with E-state index in [9.17, 15) is 9.59 Å². The molecule has 33 heavy (non-hydrogen) atoms. The Balaban J connectivity index is 1.50. The molecule has 4 aromatic rings. The minimum atomic E-state index is -0.364. The molecule has 0 bridgehead atoms. The topological polar surface area (TPSA) is 82.0 Å². The lowest BCUT2D eigenvalue weighted by Gasteiger charge is -2.13. The Morgan fingerprint density at radius 2 is 1.30 bits per heavy atom. The van der Waals surface area contributed by atoms with E-state index in [-0.39, 0.29) is 11.8 Å². The minimum Gasteiger partial charge on any atom is -0.320 e. The molecule has 2 amide bonds. The summed E-state index contributed by atoms with van der Waals surface area (Å²) in [5.74, 6) is -0.643. The molecule has 0 atom stereocenters. The van der Waals surface area contributed by atoms with E-state index >= 15 is 0 Å². The molecule has 0 aliphatic heterocycles. The number of nitrogens with one attached hydrogen (secondary N) is 2. The maximum absolute atomic E-state index is 12.9. The smallest absolute Gasteiger partial charge is 0.255 e. The van der Waals surface area contributed by atoms with Crippen molar-refractivity contribution in [3.05, 3.63) is 119 Å². The fraction of sp³-hybridized carbons (Fsp3) is 0.0357. The summed E-state index contributed by atoms with van der Waals surface area (Å²) in [6.45, 7) is 2.05. The molecule has 160 valence electrons. The fourth-order valence-electron chi connectivity index (χ4n) is 3.52. The predicted molar refractivity (Wildman–Crippen MR) is 130 cm³/mol. The second-order valence-corrected chi connectivity index (χ2v) is 7.54. The highest BCUT2D eigenvalue weighted by Crippen LogP contribution is 2.25. The first-order valence-electron chi connectivity index (χ1n) is 10.4. The number of anilines is 2. The van der Waals surface area contributed by atoms with Crippen LogP contribution in [0.5, 0.6) is 0 Å². The summed E-state index contributed by atoms with van der Waals surface area (Å²) in [6, 6.07) is 31.0. The van der Waals surface area contributed by atoms with E-state index in [1.807, 2.05) is 30.3 Å². The van der Waals surface area contributed by atoms with Crippen LogP contribution in [0.15, 0.2) is 97.1 Å². The molecule has 0 saturated heterocycles. The standard InChI is InChI=1S/C28H21N3O2/c1-19-7-2-3-10-24(19)21-13-15-22(16-14-21)27(32)30-25-11-4-5-12-26(25)31-28(33)23-9-6-8-20(17-23)18-29/h2-17H,1H3,(H,30,32)(H,31,33). The van der Waals surface area contributed by atoms with Gasteiger partial charge >= 0.3 is 0 Å². The molecule has 5 heteroatoms. The third kappa shape index (κ3) is 4.97. The van der Waals surface area contributed by atoms with Crippen LogP contribution in [0, 0.1) is 18.3 Å². The van der Waals surface area contributed by atoms with Gasteiger partial charge in [-0.15, -0.1) is 0 Å². The number of aryl methyl sites for hydroxylation is 1. The molecule has 0 heterocycles. The monoisotopic (exact) mass is 431 g/mol. The minimum absolute atomic E-state index is 0.278. The lowest BCUT2D eigenvalue weighted by Crippen LogP contribution is -2.16. The van der Waals surface area contributed by atoms with Gasteiger partial charge in [0.05, 0.1) is 23.0 Å². The molecular formula is C28H21N3O2. The van der Waals surface area contributed by atoms with Crippen molar-refractivity contribution in [3.8, 4) is 17.2 Å². The van der Waals surface area contributed by atoms with Crippen molar-refractivity contribution in [2.75, 3.05) is 10.6 Å². The number of para-hydroxylation sites is 2. The quantitative estimate of drug-likeness (QED) is 0.404. The number of nitrogens with zero attached hydrogens (tertiary/aromatic N) is 1. The van der Waals surface area contributed by atoms with Gasteiger partial charge in [0, 0.05) is 11.1 Å². The van der Waals surface area contributed by atoms with Gasteiger partial charge in [0.25, 0.3) is 11.8 Å². The van der Waals surface area contributed by atoms with Gasteiger partial charge in [-0.3, -0.25) is 9.59 Å². The Morgan fingerprint density at radius 3 is 1.94 bits per heavy atom. The molecule has 4 aromatic carbocycles. The Hall–Kier alpha value is -4.69. The Bertz CT molecular complexity index is 1370. The molecule has 2 N–H and O–H groups in total. The van der Waals surface area contributed by atoms with Crippen LogP contribution in [0.3, 0.4) is 0 Å². The first-order valence-corrected chi connectivity index (χ1v) is 10.4. The van der Waals surface area contributed by atoms with Gasteiger partial charge in [0.1, 0.15) is 0 Å². The zero-order chi connectivity index (χ0) is 23.2. The summed E-state index contributed by atoms with van der Waals surface area (Å²) in [5, 5.41) is 14.7. The van der Waals surface area contributed by atoms with Gasteiger partial charge in [-0.25, -0.2) is 0 Å². The molecule has 0 aliphatic carbocycles. The van der Waals surface area contributed by atoms with Gasteiger partial charge < -0.3 is 10.6 Å². The van der Waals surface area contributed by atoms with Crippen molar-refractivity contribution in [1.29, 1.82) is 5.26 Å². The van der Waals surface area contributed by atoms with Crippen molar-refractivity contribution >= 4 is 23.2 Å². The van der Waals surface area contributed by atoms with Crippen molar-refractivity contribution in [2.45, 2.75) is 6.92 Å². The number of nitriles is 1. The second-order valence-electron chi connectivity index (χ2n) is 7.54. The summed E-state index contributed by atoms with van der Waals surface area (Å²) >= 11 is 0. The molecule has 0 saturated carbocycles. The summed E-state index contributed by atoms with van der Waals surface area (Å²) in [4.78, 5) is 25.5. The van der Waals surface area contributed by atoms with E-state index in [0.29, 0.717) is 28.1 Å². The lowest BCUT2D eigenvalue weighted by atomic mass is 9.99. The maximum atomic E-state index is 12.9. The highest BCUT2D eigenvalue weighted by atomic mass is 16.2. The summed E-state index contributed by atoms with van der Waals surface area (Å²) in [6.07, 6.45) is 0. The first kappa shape index (κ1) is 21.5. The van der Waals surface area contributed by atoms with Crippen LogP contribution in [-0.2, 0) is 0 Å². The SMILES string of the molecule is Cc1ccccc1-c1ccc(C(=O)Nc2ccccc2NC(=O)c2cccc(C#N)c2)cc1. The Kier molecular flexibility index (Phi) is 6.28. The molecule has 0 radical (unpaired) electrons. The molecule has 0 unspecified atom stereocenters. The van der Waals surface area contributed by atoms with Crippen LogP contribution in [0.1, 0.15) is 31.8 Å². The van der Waals surface area contributed by atoms with Crippen LogP contribution in [0.2, 0.25) is 0 Å². The van der Waals surface area contributed by atoms with Crippen LogP contribution in [0.25, 0.3) is 11.1 Å². The van der Waals surface area contributed by atoms with Crippen LogP contribution in [-0.4, -0.2) is 11.8 Å². The molecule has 4 rings (SSSR count). The van der Waals surface area contributed by atoms with E-state index in [1.165, 1.54) is 11.6 Å². The van der Waals surface area contributed by atoms with Crippen molar-refractivity contribution in [1.82, 2.24) is 0 Å². The summed E-state index contributed by atoms with van der Waals surface area (Å²) in [7, 11) is 0. The molecule has 5 nitrogen and oxygen atoms in total. The zero-order valence-corrected chi connectivity index (χ0v) is 18.0.